The van der Waals surface area contributed by atoms with Crippen molar-refractivity contribution in [2.75, 3.05) is 14.2 Å². The summed E-state index contributed by atoms with van der Waals surface area (Å²) in [7, 11) is 2.82. The molecule has 0 radical (unpaired) electrons. The van der Waals surface area contributed by atoms with Gasteiger partial charge < -0.3 is 19.7 Å². The molecule has 0 spiro atoms. The molecule has 0 heterocycles. The highest BCUT2D eigenvalue weighted by Crippen LogP contribution is 2.29. The number of phenols is 2. The molecular weight excluding hydrogens is 360 g/mol. The van der Waals surface area contributed by atoms with Crippen LogP contribution < -0.4 is 9.47 Å². The van der Waals surface area contributed by atoms with Crippen molar-refractivity contribution in [2.45, 2.75) is 0 Å². The Kier molecular flexibility index (Phi) is 6.73. The van der Waals surface area contributed by atoms with Crippen LogP contribution in [0.2, 0.25) is 0 Å². The molecule has 0 amide bonds. The number of nitrogens with zero attached hydrogens (tertiary/aromatic N) is 4. The Balaban J connectivity index is 2.39. The first-order valence-corrected chi connectivity index (χ1v) is 7.90. The lowest BCUT2D eigenvalue weighted by molar-refractivity contribution is 0.373. The number of ether oxygens (including phenoxy) is 2. The van der Waals surface area contributed by atoms with Crippen LogP contribution in [0.5, 0.6) is 23.0 Å². The van der Waals surface area contributed by atoms with Gasteiger partial charge in [0.05, 0.1) is 14.2 Å². The first-order valence-electron chi connectivity index (χ1n) is 7.90. The van der Waals surface area contributed by atoms with E-state index >= 15 is 0 Å². The van der Waals surface area contributed by atoms with E-state index in [1.807, 2.05) is 0 Å². The summed E-state index contributed by atoms with van der Waals surface area (Å²) in [4.78, 5) is 7.89. The maximum Gasteiger partial charge on any atom is 0.176 e. The summed E-state index contributed by atoms with van der Waals surface area (Å²) >= 11 is 0. The van der Waals surface area contributed by atoms with Crippen molar-refractivity contribution in [1.82, 2.24) is 0 Å². The Morgan fingerprint density at radius 1 is 0.821 bits per heavy atom. The van der Waals surface area contributed by atoms with E-state index in [9.17, 15) is 20.7 Å². The van der Waals surface area contributed by atoms with Gasteiger partial charge in [-0.3, -0.25) is 0 Å². The topological polar surface area (TPSA) is 131 Å². The number of allylic oxidation sites excluding steroid dienone is 2. The zero-order chi connectivity index (χ0) is 20.5. The van der Waals surface area contributed by atoms with Gasteiger partial charge in [0, 0.05) is 23.6 Å². The largest absolute Gasteiger partial charge is 0.504 e. The number of phenolic OH excluding ortho intramolecular Hbond substituents is 2. The van der Waals surface area contributed by atoms with Gasteiger partial charge in [-0.25, -0.2) is 9.98 Å². The van der Waals surface area contributed by atoms with Gasteiger partial charge >= 0.3 is 0 Å². The molecule has 0 aliphatic rings. The molecule has 2 aromatic carbocycles. The summed E-state index contributed by atoms with van der Waals surface area (Å²) in [5, 5.41) is 38.7. The van der Waals surface area contributed by atoms with Crippen molar-refractivity contribution in [3.63, 3.8) is 0 Å². The average Bonchev–Trinajstić information content (AvgIpc) is 2.72. The van der Waals surface area contributed by atoms with Gasteiger partial charge in [0.2, 0.25) is 0 Å². The summed E-state index contributed by atoms with van der Waals surface area (Å²) in [6, 6.07) is 13.1. The van der Waals surface area contributed by atoms with E-state index in [-0.39, 0.29) is 34.4 Å². The number of para-hydroxylation sites is 2. The zero-order valence-electron chi connectivity index (χ0n) is 15.1. The van der Waals surface area contributed by atoms with E-state index in [1.165, 1.54) is 26.6 Å². The van der Waals surface area contributed by atoms with Gasteiger partial charge in [0.15, 0.2) is 34.4 Å². The predicted molar refractivity (Wildman–Crippen MR) is 103 cm³/mol. The standard InChI is InChI=1S/C20H16N4O4/c1-27-17-7-3-5-13(19(17)25)11-23-15(9-21)16(10-22)24-12-14-6-4-8-18(28-2)20(14)26/h3-8,11-12,25-26H,1-2H3/b16-15+,23-11?,24-12?. The SMILES string of the molecule is COc1cccc(C=N/C(C#N)=C(\C#N)N=Cc2cccc(OC)c2O)c1O. The molecule has 2 N–H and O–H groups in total. The number of methoxy groups -OCH3 is 2. The van der Waals surface area contributed by atoms with Crippen LogP contribution >= 0.6 is 0 Å². The molecule has 0 atom stereocenters. The van der Waals surface area contributed by atoms with Crippen molar-refractivity contribution in [2.24, 2.45) is 9.98 Å². The van der Waals surface area contributed by atoms with Gasteiger partial charge in [-0.15, -0.1) is 0 Å². The normalized spacial score (nSPS) is 11.7. The Bertz CT molecular complexity index is 960. The molecule has 0 unspecified atom stereocenters. The summed E-state index contributed by atoms with van der Waals surface area (Å²) < 4.78 is 10.0. The molecule has 0 aliphatic carbocycles. The van der Waals surface area contributed by atoms with Crippen molar-refractivity contribution in [1.29, 1.82) is 10.5 Å². The Morgan fingerprint density at radius 3 is 1.54 bits per heavy atom. The average molecular weight is 376 g/mol. The molecule has 0 fully saturated rings. The minimum atomic E-state index is -0.261. The van der Waals surface area contributed by atoms with Crippen LogP contribution in [0.15, 0.2) is 57.8 Å². The zero-order valence-corrected chi connectivity index (χ0v) is 15.1. The monoisotopic (exact) mass is 376 g/mol. The Hall–Kier alpha value is -4.30. The smallest absolute Gasteiger partial charge is 0.176 e. The molecule has 28 heavy (non-hydrogen) atoms. The van der Waals surface area contributed by atoms with Crippen LogP contribution in [0.4, 0.5) is 0 Å². The second-order valence-corrected chi connectivity index (χ2v) is 5.23. The quantitative estimate of drug-likeness (QED) is 0.588. The second kappa shape index (κ2) is 9.41. The first-order chi connectivity index (χ1) is 13.5. The van der Waals surface area contributed by atoms with Crippen molar-refractivity contribution in [3.8, 4) is 35.1 Å². The van der Waals surface area contributed by atoms with Gasteiger partial charge in [-0.1, -0.05) is 12.1 Å². The van der Waals surface area contributed by atoms with Crippen molar-refractivity contribution in [3.05, 3.63) is 58.9 Å². The third kappa shape index (κ3) is 4.45. The number of rotatable bonds is 6. The number of hydrogen-bond donors (Lipinski definition) is 2. The van der Waals surface area contributed by atoms with E-state index in [2.05, 4.69) is 9.98 Å². The van der Waals surface area contributed by atoms with E-state index in [4.69, 9.17) is 9.47 Å². The third-order valence-electron chi connectivity index (χ3n) is 3.60. The Labute approximate surface area is 161 Å². The molecule has 140 valence electrons. The fourth-order valence-electron chi connectivity index (χ4n) is 2.17. The third-order valence-corrected chi connectivity index (χ3v) is 3.60. The maximum atomic E-state index is 10.1. The van der Waals surface area contributed by atoms with Gasteiger partial charge in [0.25, 0.3) is 0 Å². The Morgan fingerprint density at radius 2 is 1.21 bits per heavy atom. The fourth-order valence-corrected chi connectivity index (χ4v) is 2.17. The van der Waals surface area contributed by atoms with Gasteiger partial charge in [0.1, 0.15) is 12.1 Å². The van der Waals surface area contributed by atoms with Crippen LogP contribution in [-0.4, -0.2) is 36.9 Å². The highest BCUT2D eigenvalue weighted by Gasteiger charge is 2.08. The molecule has 8 heteroatoms. The van der Waals surface area contributed by atoms with Crippen molar-refractivity contribution < 1.29 is 19.7 Å². The van der Waals surface area contributed by atoms with Gasteiger partial charge in [-0.05, 0) is 24.3 Å². The molecule has 0 bridgehead atoms. The van der Waals surface area contributed by atoms with Crippen LogP contribution in [0.3, 0.4) is 0 Å². The first kappa shape index (κ1) is 20.0. The molecule has 0 aliphatic heterocycles. The van der Waals surface area contributed by atoms with Crippen LogP contribution in [-0.2, 0) is 0 Å². The highest BCUT2D eigenvalue weighted by molar-refractivity contribution is 5.87. The number of benzene rings is 2. The predicted octanol–water partition coefficient (Wildman–Crippen LogP) is 2.91. The summed E-state index contributed by atoms with van der Waals surface area (Å²) in [5.74, 6) is 0.209. The summed E-state index contributed by atoms with van der Waals surface area (Å²) in [5.41, 5.74) is 0.0873. The molecule has 2 aromatic rings. The van der Waals surface area contributed by atoms with Crippen molar-refractivity contribution >= 4 is 12.4 Å². The number of hydrogen-bond acceptors (Lipinski definition) is 8. The molecule has 8 nitrogen and oxygen atoms in total. The molecule has 2 rings (SSSR count). The minimum Gasteiger partial charge on any atom is -0.504 e. The lowest BCUT2D eigenvalue weighted by atomic mass is 10.2. The molecule has 0 saturated carbocycles. The lowest BCUT2D eigenvalue weighted by Gasteiger charge is -2.05. The van der Waals surface area contributed by atoms with Crippen LogP contribution in [0.1, 0.15) is 11.1 Å². The highest BCUT2D eigenvalue weighted by atomic mass is 16.5. The molecular formula is C20H16N4O4. The number of aromatic hydroxyl groups is 2. The van der Waals surface area contributed by atoms with E-state index in [0.29, 0.717) is 11.1 Å². The van der Waals surface area contributed by atoms with Crippen LogP contribution in [0.25, 0.3) is 0 Å². The van der Waals surface area contributed by atoms with E-state index < -0.39 is 0 Å². The molecule has 0 saturated heterocycles. The summed E-state index contributed by atoms with van der Waals surface area (Å²) in [6.45, 7) is 0. The van der Waals surface area contributed by atoms with Crippen LogP contribution in [0, 0.1) is 22.7 Å². The van der Waals surface area contributed by atoms with E-state index in [0.717, 1.165) is 0 Å². The number of aliphatic imine (C=N–C) groups is 2. The lowest BCUT2D eigenvalue weighted by Crippen LogP contribution is -1.91. The molecule has 0 aromatic heterocycles. The summed E-state index contributed by atoms with van der Waals surface area (Å²) in [6.07, 6.45) is 2.46. The van der Waals surface area contributed by atoms with Gasteiger partial charge in [-0.2, -0.15) is 10.5 Å². The van der Waals surface area contributed by atoms with E-state index in [1.54, 1.807) is 48.5 Å². The minimum absolute atomic E-state index is 0.144. The maximum absolute atomic E-state index is 10.1. The second-order valence-electron chi connectivity index (χ2n) is 5.23. The fraction of sp³-hybridized carbons (Fsp3) is 0.100. The number of nitriles is 2.